The van der Waals surface area contributed by atoms with E-state index in [2.05, 4.69) is 9.98 Å². The Morgan fingerprint density at radius 2 is 1.00 bits per heavy atom. The summed E-state index contributed by atoms with van der Waals surface area (Å²) >= 11 is 0. The highest BCUT2D eigenvalue weighted by Gasteiger charge is 2.21. The van der Waals surface area contributed by atoms with Gasteiger partial charge >= 0.3 is 0 Å². The second-order valence-electron chi connectivity index (χ2n) is 5.60. The van der Waals surface area contributed by atoms with Crippen molar-refractivity contribution in [1.29, 1.82) is 0 Å². The average molecular weight is 234 g/mol. The highest BCUT2D eigenvalue weighted by atomic mass is 14.8. The highest BCUT2D eigenvalue weighted by Crippen LogP contribution is 2.27. The Morgan fingerprint density at radius 3 is 1.47 bits per heavy atom. The average Bonchev–Trinajstić information content (AvgIpc) is 2.35. The number of fused-ring (bicyclic) bond motifs is 1. The fourth-order valence-electron chi connectivity index (χ4n) is 3.14. The molecule has 0 radical (unpaired) electrons. The van der Waals surface area contributed by atoms with Gasteiger partial charge in [0, 0.05) is 25.5 Å². The van der Waals surface area contributed by atoms with Crippen LogP contribution >= 0.6 is 0 Å². The summed E-state index contributed by atoms with van der Waals surface area (Å²) < 4.78 is 0. The Bertz CT molecular complexity index is 232. The van der Waals surface area contributed by atoms with Gasteiger partial charge in [-0.3, -0.25) is 9.98 Å². The first-order valence-electron chi connectivity index (χ1n) is 7.45. The normalized spacial score (nSPS) is 32.0. The number of hydrogen-bond donors (Lipinski definition) is 0. The fraction of sp³-hybridized carbons (Fsp3) is 0.867. The Kier molecular flexibility index (Phi) is 5.74. The molecule has 2 nitrogen and oxygen atoms in total. The number of rotatable bonds is 0. The third kappa shape index (κ3) is 4.61. The molecule has 0 aromatic carbocycles. The Morgan fingerprint density at radius 1 is 0.588 bits per heavy atom. The van der Waals surface area contributed by atoms with Crippen LogP contribution in [0.25, 0.3) is 0 Å². The summed E-state index contributed by atoms with van der Waals surface area (Å²) in [6, 6.07) is 0. The molecule has 1 aliphatic heterocycles. The minimum Gasteiger partial charge on any atom is -0.291 e. The smallest absolute Gasteiger partial charge is 0.0421 e. The van der Waals surface area contributed by atoms with E-state index in [0.29, 0.717) is 0 Å². The lowest BCUT2D eigenvalue weighted by Gasteiger charge is -2.25. The molecule has 0 amide bonds. The number of hydrogen-bond acceptors (Lipinski definition) is 2. The minimum absolute atomic E-state index is 0.793. The van der Waals surface area contributed by atoms with Gasteiger partial charge in [-0.25, -0.2) is 0 Å². The van der Waals surface area contributed by atoms with Crippen LogP contribution in [0.2, 0.25) is 0 Å². The maximum absolute atomic E-state index is 4.49. The van der Waals surface area contributed by atoms with Crippen LogP contribution in [-0.4, -0.2) is 25.5 Å². The first-order valence-corrected chi connectivity index (χ1v) is 7.45. The molecule has 0 spiro atoms. The zero-order chi connectivity index (χ0) is 11.8. The monoisotopic (exact) mass is 234 g/mol. The van der Waals surface area contributed by atoms with E-state index in [0.717, 1.165) is 24.9 Å². The molecule has 0 aromatic rings. The standard InChI is InChI=1S/C15H26N2/c1-2-4-6-8-14-12-16-10-11-17-13-15(14)9-7-5-3-1/h10-11,14-15H,1-9,12-13H2. The summed E-state index contributed by atoms with van der Waals surface area (Å²) in [4.78, 5) is 8.98. The molecule has 1 saturated carbocycles. The molecule has 2 aliphatic rings. The lowest BCUT2D eigenvalue weighted by Crippen LogP contribution is -2.22. The van der Waals surface area contributed by atoms with Crippen molar-refractivity contribution in [3.8, 4) is 0 Å². The van der Waals surface area contributed by atoms with Crippen LogP contribution in [0.1, 0.15) is 57.8 Å². The molecule has 0 aromatic heterocycles. The number of nitrogens with zero attached hydrogens (tertiary/aromatic N) is 2. The molecule has 1 heterocycles. The molecule has 2 rings (SSSR count). The largest absolute Gasteiger partial charge is 0.291 e. The van der Waals surface area contributed by atoms with Crippen LogP contribution in [0.3, 0.4) is 0 Å². The molecule has 2 unspecified atom stereocenters. The van der Waals surface area contributed by atoms with Crippen LogP contribution in [0.4, 0.5) is 0 Å². The third-order valence-electron chi connectivity index (χ3n) is 4.27. The predicted molar refractivity (Wildman–Crippen MR) is 75.3 cm³/mol. The second kappa shape index (κ2) is 7.62. The number of aliphatic imine (C=N–C) groups is 2. The van der Waals surface area contributed by atoms with Gasteiger partial charge in [-0.1, -0.05) is 44.9 Å². The van der Waals surface area contributed by atoms with Crippen molar-refractivity contribution < 1.29 is 0 Å². The zero-order valence-corrected chi connectivity index (χ0v) is 11.0. The van der Waals surface area contributed by atoms with Crippen LogP contribution in [0, 0.1) is 11.8 Å². The van der Waals surface area contributed by atoms with Gasteiger partial charge in [0.2, 0.25) is 0 Å². The van der Waals surface area contributed by atoms with Gasteiger partial charge in [-0.05, 0) is 24.7 Å². The van der Waals surface area contributed by atoms with Gasteiger partial charge in [0.05, 0.1) is 0 Å². The summed E-state index contributed by atoms with van der Waals surface area (Å²) in [5, 5.41) is 0. The van der Waals surface area contributed by atoms with E-state index in [1.54, 1.807) is 0 Å². The summed E-state index contributed by atoms with van der Waals surface area (Å²) in [5.74, 6) is 1.59. The topological polar surface area (TPSA) is 24.7 Å². The van der Waals surface area contributed by atoms with Crippen LogP contribution in [-0.2, 0) is 0 Å². The van der Waals surface area contributed by atoms with Crippen molar-refractivity contribution in [2.45, 2.75) is 57.8 Å². The van der Waals surface area contributed by atoms with E-state index in [1.807, 2.05) is 12.4 Å². The van der Waals surface area contributed by atoms with Crippen LogP contribution in [0.5, 0.6) is 0 Å². The molecule has 96 valence electrons. The van der Waals surface area contributed by atoms with Gasteiger partial charge < -0.3 is 0 Å². The predicted octanol–water partition coefficient (Wildman–Crippen LogP) is 3.90. The summed E-state index contributed by atoms with van der Waals surface area (Å²) in [6.45, 7) is 2.08. The molecular weight excluding hydrogens is 208 g/mol. The molecule has 2 atom stereocenters. The van der Waals surface area contributed by atoms with Crippen LogP contribution in [0.15, 0.2) is 9.98 Å². The van der Waals surface area contributed by atoms with Crippen molar-refractivity contribution >= 4 is 12.4 Å². The third-order valence-corrected chi connectivity index (χ3v) is 4.27. The molecule has 17 heavy (non-hydrogen) atoms. The van der Waals surface area contributed by atoms with E-state index in [4.69, 9.17) is 0 Å². The molecule has 1 fully saturated rings. The Balaban J connectivity index is 1.93. The Hall–Kier alpha value is -0.660. The van der Waals surface area contributed by atoms with Crippen molar-refractivity contribution in [3.05, 3.63) is 0 Å². The summed E-state index contributed by atoms with van der Waals surface area (Å²) in [6.07, 6.45) is 16.5. The summed E-state index contributed by atoms with van der Waals surface area (Å²) in [7, 11) is 0. The molecule has 2 heteroatoms. The van der Waals surface area contributed by atoms with E-state index in [1.165, 1.54) is 57.8 Å². The zero-order valence-electron chi connectivity index (χ0n) is 11.0. The van der Waals surface area contributed by atoms with Crippen molar-refractivity contribution in [1.82, 2.24) is 0 Å². The van der Waals surface area contributed by atoms with Gasteiger partial charge in [-0.2, -0.15) is 0 Å². The van der Waals surface area contributed by atoms with E-state index < -0.39 is 0 Å². The van der Waals surface area contributed by atoms with Crippen molar-refractivity contribution in [2.75, 3.05) is 13.1 Å². The van der Waals surface area contributed by atoms with Crippen LogP contribution < -0.4 is 0 Å². The maximum atomic E-state index is 4.49. The van der Waals surface area contributed by atoms with E-state index in [-0.39, 0.29) is 0 Å². The molecule has 0 bridgehead atoms. The quantitative estimate of drug-likeness (QED) is 0.607. The first-order chi connectivity index (χ1) is 8.47. The van der Waals surface area contributed by atoms with Crippen molar-refractivity contribution in [3.63, 3.8) is 0 Å². The van der Waals surface area contributed by atoms with Gasteiger partial charge in [0.25, 0.3) is 0 Å². The minimum atomic E-state index is 0.793. The fourth-order valence-corrected chi connectivity index (χ4v) is 3.14. The molecular formula is C15H26N2. The highest BCUT2D eigenvalue weighted by molar-refractivity contribution is 6.16. The molecule has 0 saturated heterocycles. The molecule has 0 N–H and O–H groups in total. The van der Waals surface area contributed by atoms with Gasteiger partial charge in [0.15, 0.2) is 0 Å². The van der Waals surface area contributed by atoms with E-state index in [9.17, 15) is 0 Å². The lowest BCUT2D eigenvalue weighted by molar-refractivity contribution is 0.297. The SMILES string of the molecule is C1=NCC2CCCCCCCCCC2CN=C1. The lowest BCUT2D eigenvalue weighted by atomic mass is 9.84. The molecule has 1 aliphatic carbocycles. The van der Waals surface area contributed by atoms with Crippen molar-refractivity contribution in [2.24, 2.45) is 21.8 Å². The maximum Gasteiger partial charge on any atom is 0.0421 e. The van der Waals surface area contributed by atoms with Gasteiger partial charge in [0.1, 0.15) is 0 Å². The Labute approximate surface area is 106 Å². The summed E-state index contributed by atoms with van der Waals surface area (Å²) in [5.41, 5.74) is 0. The van der Waals surface area contributed by atoms with E-state index >= 15 is 0 Å². The first kappa shape index (κ1) is 12.8. The second-order valence-corrected chi connectivity index (χ2v) is 5.60. The van der Waals surface area contributed by atoms with Gasteiger partial charge in [-0.15, -0.1) is 0 Å².